The SMILES string of the molecule is C[P+](C)(C)[B]c1cccc(O)c1. The summed E-state index contributed by atoms with van der Waals surface area (Å²) in [7, 11) is -0.894. The smallest absolute Gasteiger partial charge is 0.394 e. The Morgan fingerprint density at radius 3 is 2.42 bits per heavy atom. The molecular formula is C9H14BOP+. The van der Waals surface area contributed by atoms with Gasteiger partial charge in [-0.3, -0.25) is 0 Å². The molecule has 0 unspecified atom stereocenters. The Kier molecular flexibility index (Phi) is 2.79. The summed E-state index contributed by atoms with van der Waals surface area (Å²) in [6.45, 7) is 8.98. The van der Waals surface area contributed by atoms with E-state index in [1.807, 2.05) is 12.1 Å². The van der Waals surface area contributed by atoms with Crippen LogP contribution < -0.4 is 5.46 Å². The first-order valence-electron chi connectivity index (χ1n) is 3.93. The third kappa shape index (κ3) is 3.27. The second-order valence-electron chi connectivity index (χ2n) is 3.84. The first-order valence-corrected chi connectivity index (χ1v) is 7.13. The molecule has 0 saturated carbocycles. The van der Waals surface area contributed by atoms with Crippen LogP contribution in [0.4, 0.5) is 0 Å². The second-order valence-corrected chi connectivity index (χ2v) is 8.33. The van der Waals surface area contributed by atoms with Crippen molar-refractivity contribution in [3.05, 3.63) is 24.3 Å². The molecule has 1 radical (unpaired) electrons. The average molecular weight is 180 g/mol. The molecule has 1 aromatic rings. The molecule has 12 heavy (non-hydrogen) atoms. The van der Waals surface area contributed by atoms with Crippen molar-refractivity contribution in [2.75, 3.05) is 20.0 Å². The summed E-state index contributed by atoms with van der Waals surface area (Å²) < 4.78 is 0. The Morgan fingerprint density at radius 1 is 1.25 bits per heavy atom. The largest absolute Gasteiger partial charge is 0.508 e. The zero-order chi connectivity index (χ0) is 9.19. The molecule has 1 rings (SSSR count). The highest BCUT2D eigenvalue weighted by molar-refractivity contribution is 8.00. The van der Waals surface area contributed by atoms with E-state index in [1.54, 1.807) is 12.1 Å². The Hall–Kier alpha value is -0.485. The van der Waals surface area contributed by atoms with Gasteiger partial charge in [0.15, 0.2) is 0 Å². The Labute approximate surface area is 75.3 Å². The maximum Gasteiger partial charge on any atom is 0.394 e. The molecule has 0 heterocycles. The number of rotatable bonds is 2. The Morgan fingerprint density at radius 2 is 1.92 bits per heavy atom. The lowest BCUT2D eigenvalue weighted by Crippen LogP contribution is -2.15. The molecule has 0 spiro atoms. The fourth-order valence-corrected chi connectivity index (χ4v) is 2.11. The van der Waals surface area contributed by atoms with Gasteiger partial charge < -0.3 is 5.11 Å². The van der Waals surface area contributed by atoms with Gasteiger partial charge in [0.05, 0.1) is 0 Å². The van der Waals surface area contributed by atoms with E-state index in [-0.39, 0.29) is 0 Å². The highest BCUT2D eigenvalue weighted by atomic mass is 31.2. The van der Waals surface area contributed by atoms with Crippen molar-refractivity contribution in [2.24, 2.45) is 0 Å². The van der Waals surface area contributed by atoms with Gasteiger partial charge in [0.2, 0.25) is 0 Å². The molecule has 0 saturated heterocycles. The van der Waals surface area contributed by atoms with Crippen molar-refractivity contribution >= 4 is 19.6 Å². The normalized spacial score (nSPS) is 11.2. The third-order valence-electron chi connectivity index (χ3n) is 1.41. The van der Waals surface area contributed by atoms with Crippen molar-refractivity contribution in [3.63, 3.8) is 0 Å². The minimum Gasteiger partial charge on any atom is -0.508 e. The number of aromatic hydroxyl groups is 1. The molecule has 3 heteroatoms. The molecule has 0 aliphatic heterocycles. The monoisotopic (exact) mass is 180 g/mol. The summed E-state index contributed by atoms with van der Waals surface area (Å²) in [6, 6.07) is 7.38. The lowest BCUT2D eigenvalue weighted by molar-refractivity contribution is 0.476. The Balaban J connectivity index is 2.77. The van der Waals surface area contributed by atoms with E-state index in [2.05, 4.69) is 27.0 Å². The molecule has 1 nitrogen and oxygen atoms in total. The van der Waals surface area contributed by atoms with Gasteiger partial charge in [-0.2, -0.15) is 0 Å². The quantitative estimate of drug-likeness (QED) is 0.540. The van der Waals surface area contributed by atoms with Crippen molar-refractivity contribution in [1.82, 2.24) is 0 Å². The third-order valence-corrected chi connectivity index (χ3v) is 2.48. The summed E-state index contributed by atoms with van der Waals surface area (Å²) in [5.74, 6) is 0.345. The maximum atomic E-state index is 9.20. The van der Waals surface area contributed by atoms with E-state index < -0.39 is 7.14 Å². The zero-order valence-electron chi connectivity index (χ0n) is 7.78. The summed E-state index contributed by atoms with van der Waals surface area (Å²) in [4.78, 5) is 0. The molecular weight excluding hydrogens is 166 g/mol. The fourth-order valence-electron chi connectivity index (χ4n) is 1.05. The molecule has 0 bridgehead atoms. The van der Waals surface area contributed by atoms with Crippen LogP contribution in [0, 0.1) is 0 Å². The van der Waals surface area contributed by atoms with Crippen molar-refractivity contribution in [3.8, 4) is 5.75 Å². The number of phenols is 1. The highest BCUT2D eigenvalue weighted by Crippen LogP contribution is 2.43. The molecule has 1 aromatic carbocycles. The van der Waals surface area contributed by atoms with E-state index in [4.69, 9.17) is 0 Å². The molecule has 0 atom stereocenters. The number of hydrogen-bond donors (Lipinski definition) is 1. The summed E-state index contributed by atoms with van der Waals surface area (Å²) in [5.41, 5.74) is 1.12. The predicted octanol–water partition coefficient (Wildman–Crippen LogP) is 1.54. The second kappa shape index (κ2) is 3.49. The lowest BCUT2D eigenvalue weighted by Gasteiger charge is -2.08. The van der Waals surface area contributed by atoms with Gasteiger partial charge in [0.1, 0.15) is 5.75 Å². The molecule has 0 aromatic heterocycles. The first kappa shape index (κ1) is 9.60. The van der Waals surface area contributed by atoms with Crippen LogP contribution in [0.15, 0.2) is 24.3 Å². The van der Waals surface area contributed by atoms with Crippen molar-refractivity contribution in [1.29, 1.82) is 0 Å². The van der Waals surface area contributed by atoms with Gasteiger partial charge in [-0.1, -0.05) is 12.1 Å². The molecule has 0 fully saturated rings. The van der Waals surface area contributed by atoms with Gasteiger partial charge in [0.25, 0.3) is 0 Å². The van der Waals surface area contributed by atoms with Gasteiger partial charge in [-0.25, -0.2) is 0 Å². The minimum atomic E-state index is -0.894. The summed E-state index contributed by atoms with van der Waals surface area (Å²) >= 11 is 0. The molecule has 0 aliphatic carbocycles. The van der Waals surface area contributed by atoms with Crippen LogP contribution in [0.5, 0.6) is 5.75 Å². The van der Waals surface area contributed by atoms with Gasteiger partial charge in [-0.05, 0) is 24.7 Å². The summed E-state index contributed by atoms with van der Waals surface area (Å²) in [5, 5.41) is 9.20. The van der Waals surface area contributed by atoms with Crippen LogP contribution in [0.1, 0.15) is 0 Å². The van der Waals surface area contributed by atoms with Crippen molar-refractivity contribution in [2.45, 2.75) is 0 Å². The van der Waals surface area contributed by atoms with Gasteiger partial charge >= 0.3 is 7.00 Å². The lowest BCUT2D eigenvalue weighted by atomic mass is 9.94. The topological polar surface area (TPSA) is 20.2 Å². The molecule has 0 amide bonds. The molecule has 63 valence electrons. The van der Waals surface area contributed by atoms with Crippen molar-refractivity contribution < 1.29 is 5.11 Å². The zero-order valence-corrected chi connectivity index (χ0v) is 8.68. The van der Waals surface area contributed by atoms with Crippen LogP contribution in [-0.4, -0.2) is 32.1 Å². The summed E-state index contributed by atoms with van der Waals surface area (Å²) in [6.07, 6.45) is 0. The highest BCUT2D eigenvalue weighted by Gasteiger charge is 2.22. The van der Waals surface area contributed by atoms with E-state index in [0.717, 1.165) is 5.46 Å². The van der Waals surface area contributed by atoms with Crippen LogP contribution in [0.25, 0.3) is 0 Å². The number of benzene rings is 1. The minimum absolute atomic E-state index is 0.345. The van der Waals surface area contributed by atoms with Gasteiger partial charge in [0, 0.05) is 20.0 Å². The maximum absolute atomic E-state index is 9.20. The van der Waals surface area contributed by atoms with Gasteiger partial charge in [-0.15, -0.1) is 0 Å². The first-order chi connectivity index (χ1) is 5.47. The number of phenolic OH excluding ortho intramolecular Hbond substituents is 1. The standard InChI is InChI=1S/C9H14BOP/c1-12(2,3)10-8-5-4-6-9(11)7-8/h4-7,11H,1-3H3/q+1. The van der Waals surface area contributed by atoms with Crippen LogP contribution in [-0.2, 0) is 0 Å². The van der Waals surface area contributed by atoms with E-state index in [9.17, 15) is 5.11 Å². The molecule has 0 aliphatic rings. The average Bonchev–Trinajstić information content (AvgIpc) is 1.82. The van der Waals surface area contributed by atoms with Crippen LogP contribution in [0.2, 0.25) is 0 Å². The van der Waals surface area contributed by atoms with Crippen LogP contribution in [0.3, 0.4) is 0 Å². The van der Waals surface area contributed by atoms with E-state index in [1.165, 1.54) is 0 Å². The fraction of sp³-hybridized carbons (Fsp3) is 0.333. The number of hydrogen-bond acceptors (Lipinski definition) is 1. The molecule has 1 N–H and O–H groups in total. The predicted molar refractivity (Wildman–Crippen MR) is 58.2 cm³/mol. The van der Waals surface area contributed by atoms with Crippen LogP contribution >= 0.6 is 7.14 Å². The van der Waals surface area contributed by atoms with E-state index >= 15 is 0 Å². The van der Waals surface area contributed by atoms with E-state index in [0.29, 0.717) is 5.75 Å². The Bertz CT molecular complexity index is 267.